The van der Waals surface area contributed by atoms with Gasteiger partial charge in [0.15, 0.2) is 0 Å². The third-order valence-corrected chi connectivity index (χ3v) is 5.07. The quantitative estimate of drug-likeness (QED) is 0.729. The molecular formula is C18H27BrN2O3. The number of hydrogen-bond acceptors (Lipinski definition) is 4. The van der Waals surface area contributed by atoms with Gasteiger partial charge >= 0.3 is 6.09 Å². The average Bonchev–Trinajstić information content (AvgIpc) is 2.42. The number of nitrogens with zero attached hydrogens (tertiary/aromatic N) is 2. The van der Waals surface area contributed by atoms with Crippen molar-refractivity contribution < 1.29 is 14.6 Å². The molecule has 0 aromatic carbocycles. The zero-order valence-corrected chi connectivity index (χ0v) is 16.8. The first-order chi connectivity index (χ1) is 10.9. The smallest absolute Gasteiger partial charge is 0.410 e. The van der Waals surface area contributed by atoms with Gasteiger partial charge < -0.3 is 14.7 Å². The second-order valence-electron chi connectivity index (χ2n) is 7.78. The maximum Gasteiger partial charge on any atom is 0.410 e. The topological polar surface area (TPSA) is 62.7 Å². The van der Waals surface area contributed by atoms with Crippen LogP contribution in [0.4, 0.5) is 4.79 Å². The van der Waals surface area contributed by atoms with Crippen molar-refractivity contribution >= 4 is 22.0 Å². The van der Waals surface area contributed by atoms with E-state index in [1.54, 1.807) is 4.90 Å². The highest BCUT2D eigenvalue weighted by Crippen LogP contribution is 2.42. The Kier molecular flexibility index (Phi) is 5.31. The number of carbonyl (C=O) groups is 1. The minimum atomic E-state index is -1.02. The van der Waals surface area contributed by atoms with E-state index in [2.05, 4.69) is 20.9 Å². The van der Waals surface area contributed by atoms with Gasteiger partial charge in [0, 0.05) is 36.2 Å². The number of aliphatic hydroxyl groups is 1. The van der Waals surface area contributed by atoms with Crippen LogP contribution in [-0.4, -0.2) is 39.8 Å². The molecule has 1 aromatic rings. The number of likely N-dealkylation sites (tertiary alicyclic amines) is 1. The number of aromatic nitrogens is 1. The SMILES string of the molecule is Cc1nc(Br)ccc1C1(O)[C@H](C)CN(C(=O)OC(C)(C)C)C[C@@H]1C. The first-order valence-corrected chi connectivity index (χ1v) is 9.08. The van der Waals surface area contributed by atoms with Gasteiger partial charge in [-0.1, -0.05) is 19.9 Å². The molecule has 1 N–H and O–H groups in total. The van der Waals surface area contributed by atoms with Gasteiger partial charge in [0.25, 0.3) is 0 Å². The molecule has 1 aliphatic rings. The maximum atomic E-state index is 12.4. The molecule has 5 nitrogen and oxygen atoms in total. The summed E-state index contributed by atoms with van der Waals surface area (Å²) < 4.78 is 6.22. The van der Waals surface area contributed by atoms with E-state index in [1.165, 1.54) is 0 Å². The predicted octanol–water partition coefficient (Wildman–Crippen LogP) is 3.86. The molecule has 3 atom stereocenters. The Bertz CT molecular complexity index is 615. The van der Waals surface area contributed by atoms with E-state index in [0.29, 0.717) is 13.1 Å². The fourth-order valence-corrected chi connectivity index (χ4v) is 3.86. The van der Waals surface area contributed by atoms with E-state index in [0.717, 1.165) is 15.9 Å². The molecule has 2 rings (SSSR count). The monoisotopic (exact) mass is 398 g/mol. The van der Waals surface area contributed by atoms with E-state index in [9.17, 15) is 9.90 Å². The van der Waals surface area contributed by atoms with Crippen molar-refractivity contribution in [1.29, 1.82) is 0 Å². The summed E-state index contributed by atoms with van der Waals surface area (Å²) in [6, 6.07) is 3.77. The van der Waals surface area contributed by atoms with E-state index >= 15 is 0 Å². The zero-order chi connectivity index (χ0) is 18.3. The summed E-state index contributed by atoms with van der Waals surface area (Å²) in [5.41, 5.74) is 0.0886. The summed E-state index contributed by atoms with van der Waals surface area (Å²) in [7, 11) is 0. The van der Waals surface area contributed by atoms with Crippen LogP contribution in [0.5, 0.6) is 0 Å². The van der Waals surface area contributed by atoms with Crippen LogP contribution in [0.3, 0.4) is 0 Å². The largest absolute Gasteiger partial charge is 0.444 e. The molecule has 0 aliphatic carbocycles. The molecule has 6 heteroatoms. The van der Waals surface area contributed by atoms with Crippen molar-refractivity contribution in [3.63, 3.8) is 0 Å². The molecule has 1 fully saturated rings. The highest BCUT2D eigenvalue weighted by molar-refractivity contribution is 9.10. The van der Waals surface area contributed by atoms with Gasteiger partial charge in [-0.25, -0.2) is 9.78 Å². The van der Waals surface area contributed by atoms with Crippen LogP contribution in [0.2, 0.25) is 0 Å². The summed E-state index contributed by atoms with van der Waals surface area (Å²) in [5.74, 6) is -0.258. The van der Waals surface area contributed by atoms with Gasteiger partial charge in [-0.3, -0.25) is 0 Å². The Hall–Kier alpha value is -1.14. The minimum Gasteiger partial charge on any atom is -0.444 e. The standard InChI is InChI=1S/C18H27BrN2O3/c1-11-9-21(16(22)24-17(4,5)6)10-12(2)18(11,23)14-7-8-15(19)20-13(14)3/h7-8,11-12,23H,9-10H2,1-6H3/t11-,12+,18?. The summed E-state index contributed by atoms with van der Waals surface area (Å²) in [6.45, 7) is 12.3. The van der Waals surface area contributed by atoms with Gasteiger partial charge in [0.1, 0.15) is 10.2 Å². The molecule has 134 valence electrons. The van der Waals surface area contributed by atoms with E-state index in [-0.39, 0.29) is 17.9 Å². The van der Waals surface area contributed by atoms with E-state index < -0.39 is 11.2 Å². The molecule has 0 bridgehead atoms. The molecular weight excluding hydrogens is 372 g/mol. The molecule has 1 unspecified atom stereocenters. The van der Waals surface area contributed by atoms with E-state index in [1.807, 2.05) is 53.7 Å². The Balaban J connectivity index is 2.26. The Morgan fingerprint density at radius 3 is 2.33 bits per heavy atom. The number of hydrogen-bond donors (Lipinski definition) is 1. The van der Waals surface area contributed by atoms with Crippen molar-refractivity contribution in [3.8, 4) is 0 Å². The minimum absolute atomic E-state index is 0.129. The van der Waals surface area contributed by atoms with Gasteiger partial charge in [-0.2, -0.15) is 0 Å². The maximum absolute atomic E-state index is 12.4. The summed E-state index contributed by atoms with van der Waals surface area (Å²) >= 11 is 3.36. The number of pyridine rings is 1. The predicted molar refractivity (Wildman–Crippen MR) is 96.7 cm³/mol. The van der Waals surface area contributed by atoms with Gasteiger partial charge in [-0.15, -0.1) is 0 Å². The average molecular weight is 399 g/mol. The molecule has 1 aromatic heterocycles. The Labute approximate surface area is 152 Å². The number of amides is 1. The third-order valence-electron chi connectivity index (χ3n) is 4.63. The fourth-order valence-electron chi connectivity index (χ4n) is 3.46. The lowest BCUT2D eigenvalue weighted by atomic mass is 9.70. The van der Waals surface area contributed by atoms with Crippen LogP contribution < -0.4 is 0 Å². The van der Waals surface area contributed by atoms with Crippen molar-refractivity contribution in [3.05, 3.63) is 28.0 Å². The Morgan fingerprint density at radius 1 is 1.33 bits per heavy atom. The zero-order valence-electron chi connectivity index (χ0n) is 15.3. The van der Waals surface area contributed by atoms with Gasteiger partial charge in [0.2, 0.25) is 0 Å². The molecule has 0 saturated carbocycles. The number of piperidine rings is 1. The van der Waals surface area contributed by atoms with Crippen LogP contribution in [0.25, 0.3) is 0 Å². The van der Waals surface area contributed by atoms with Crippen LogP contribution >= 0.6 is 15.9 Å². The van der Waals surface area contributed by atoms with Gasteiger partial charge in [-0.05, 0) is 49.7 Å². The fraction of sp³-hybridized carbons (Fsp3) is 0.667. The molecule has 1 saturated heterocycles. The van der Waals surface area contributed by atoms with Crippen LogP contribution in [-0.2, 0) is 10.3 Å². The second kappa shape index (κ2) is 6.64. The highest BCUT2D eigenvalue weighted by atomic mass is 79.9. The van der Waals surface area contributed by atoms with Crippen molar-refractivity contribution in [1.82, 2.24) is 9.88 Å². The molecule has 2 heterocycles. The molecule has 1 aliphatic heterocycles. The third kappa shape index (κ3) is 3.75. The normalized spacial score (nSPS) is 27.9. The number of carbonyl (C=O) groups excluding carboxylic acids is 1. The number of rotatable bonds is 1. The number of ether oxygens (including phenoxy) is 1. The molecule has 0 spiro atoms. The highest BCUT2D eigenvalue weighted by Gasteiger charge is 2.48. The molecule has 24 heavy (non-hydrogen) atoms. The lowest BCUT2D eigenvalue weighted by Crippen LogP contribution is -2.56. The number of halogens is 1. The van der Waals surface area contributed by atoms with Gasteiger partial charge in [0.05, 0.1) is 5.60 Å². The van der Waals surface area contributed by atoms with Crippen molar-refractivity contribution in [2.75, 3.05) is 13.1 Å². The summed E-state index contributed by atoms with van der Waals surface area (Å²) in [6.07, 6.45) is -0.325. The summed E-state index contributed by atoms with van der Waals surface area (Å²) in [4.78, 5) is 18.5. The first kappa shape index (κ1) is 19.2. The first-order valence-electron chi connectivity index (χ1n) is 8.29. The van der Waals surface area contributed by atoms with Crippen LogP contribution in [0.1, 0.15) is 45.9 Å². The van der Waals surface area contributed by atoms with Crippen molar-refractivity contribution in [2.24, 2.45) is 11.8 Å². The lowest BCUT2D eigenvalue weighted by Gasteiger charge is -2.48. The molecule has 0 radical (unpaired) electrons. The van der Waals surface area contributed by atoms with E-state index in [4.69, 9.17) is 4.74 Å². The summed E-state index contributed by atoms with van der Waals surface area (Å²) in [5, 5.41) is 11.4. The number of aryl methyl sites for hydroxylation is 1. The Morgan fingerprint density at radius 2 is 1.88 bits per heavy atom. The van der Waals surface area contributed by atoms with Crippen LogP contribution in [0, 0.1) is 18.8 Å². The lowest BCUT2D eigenvalue weighted by molar-refractivity contribution is -0.112. The molecule has 1 amide bonds. The van der Waals surface area contributed by atoms with Crippen molar-refractivity contribution in [2.45, 2.75) is 52.7 Å². The second-order valence-corrected chi connectivity index (χ2v) is 8.59. The van der Waals surface area contributed by atoms with Crippen LogP contribution in [0.15, 0.2) is 16.7 Å².